The summed E-state index contributed by atoms with van der Waals surface area (Å²) in [5.74, 6) is 1.99. The summed E-state index contributed by atoms with van der Waals surface area (Å²) in [5.41, 5.74) is 1.93. The van der Waals surface area contributed by atoms with Crippen LogP contribution in [0.1, 0.15) is 43.5 Å². The van der Waals surface area contributed by atoms with Crippen molar-refractivity contribution >= 4 is 34.1 Å². The Morgan fingerprint density at radius 2 is 2.03 bits per heavy atom. The first-order chi connectivity index (χ1) is 14.7. The maximum absolute atomic E-state index is 13.1. The molecule has 2 aromatic heterocycles. The van der Waals surface area contributed by atoms with Gasteiger partial charge in [0.05, 0.1) is 11.4 Å². The third kappa shape index (κ3) is 4.06. The molecule has 0 aliphatic heterocycles. The van der Waals surface area contributed by atoms with Gasteiger partial charge in [0.2, 0.25) is 5.91 Å². The van der Waals surface area contributed by atoms with Crippen LogP contribution in [0.3, 0.4) is 0 Å². The van der Waals surface area contributed by atoms with Crippen LogP contribution in [0.25, 0.3) is 11.3 Å². The fraction of sp³-hybridized carbons (Fsp3) is 0.364. The molecule has 0 N–H and O–H groups in total. The lowest BCUT2D eigenvalue weighted by atomic mass is 10.2. The van der Waals surface area contributed by atoms with Crippen LogP contribution < -0.4 is 4.90 Å². The highest BCUT2D eigenvalue weighted by atomic mass is 32.2. The van der Waals surface area contributed by atoms with Gasteiger partial charge in [-0.25, -0.2) is 4.98 Å². The summed E-state index contributed by atoms with van der Waals surface area (Å²) in [5, 5.41) is 12.4. The molecule has 0 saturated heterocycles. The first-order valence-electron chi connectivity index (χ1n) is 10.2. The van der Waals surface area contributed by atoms with Gasteiger partial charge in [0.15, 0.2) is 10.3 Å². The fourth-order valence-corrected chi connectivity index (χ4v) is 5.18. The molecule has 5 rings (SSSR count). The monoisotopic (exact) mass is 437 g/mol. The van der Waals surface area contributed by atoms with E-state index in [4.69, 9.17) is 4.98 Å². The van der Waals surface area contributed by atoms with E-state index in [9.17, 15) is 4.79 Å². The number of amides is 1. The van der Waals surface area contributed by atoms with Crippen LogP contribution >= 0.6 is 23.1 Å². The predicted molar refractivity (Wildman–Crippen MR) is 121 cm³/mol. The zero-order valence-corrected chi connectivity index (χ0v) is 18.2. The van der Waals surface area contributed by atoms with Gasteiger partial charge in [-0.05, 0) is 25.7 Å². The number of anilines is 1. The van der Waals surface area contributed by atoms with Crippen molar-refractivity contribution in [3.8, 4) is 11.3 Å². The molecule has 0 bridgehead atoms. The zero-order chi connectivity index (χ0) is 20.5. The molecule has 2 aliphatic rings. The average molecular weight is 438 g/mol. The fourth-order valence-electron chi connectivity index (χ4n) is 3.43. The van der Waals surface area contributed by atoms with Gasteiger partial charge in [0.1, 0.15) is 5.82 Å². The lowest BCUT2D eigenvalue weighted by Crippen LogP contribution is -2.32. The van der Waals surface area contributed by atoms with E-state index in [1.807, 2.05) is 35.7 Å². The maximum atomic E-state index is 13.1. The van der Waals surface area contributed by atoms with E-state index >= 15 is 0 Å². The van der Waals surface area contributed by atoms with Crippen LogP contribution in [0.5, 0.6) is 0 Å². The normalized spacial score (nSPS) is 15.9. The Labute approximate surface area is 184 Å². The maximum Gasteiger partial charge on any atom is 0.239 e. The number of carbonyl (C=O) groups is 1. The number of aromatic nitrogens is 4. The molecule has 154 valence electrons. The smallest absolute Gasteiger partial charge is 0.239 e. The Kier molecular flexibility index (Phi) is 5.43. The van der Waals surface area contributed by atoms with Crippen molar-refractivity contribution < 1.29 is 4.79 Å². The molecule has 0 atom stereocenters. The van der Waals surface area contributed by atoms with Crippen LogP contribution in [0.4, 0.5) is 5.13 Å². The number of thiazole rings is 1. The second-order valence-corrected chi connectivity index (χ2v) is 9.46. The molecule has 3 aromatic rings. The number of thioether (sulfide) groups is 1. The van der Waals surface area contributed by atoms with Gasteiger partial charge in [-0.15, -0.1) is 28.1 Å². The summed E-state index contributed by atoms with van der Waals surface area (Å²) >= 11 is 2.96. The summed E-state index contributed by atoms with van der Waals surface area (Å²) in [6.07, 6.45) is 6.52. The van der Waals surface area contributed by atoms with E-state index < -0.39 is 0 Å². The minimum absolute atomic E-state index is 0.00665. The van der Waals surface area contributed by atoms with Gasteiger partial charge in [0, 0.05) is 29.4 Å². The van der Waals surface area contributed by atoms with Crippen molar-refractivity contribution in [1.29, 1.82) is 0 Å². The highest BCUT2D eigenvalue weighted by molar-refractivity contribution is 7.99. The Morgan fingerprint density at radius 1 is 1.23 bits per heavy atom. The molecule has 0 unspecified atom stereocenters. The second kappa shape index (κ2) is 8.35. The number of benzene rings is 1. The van der Waals surface area contributed by atoms with Crippen LogP contribution in [-0.4, -0.2) is 38.0 Å². The highest BCUT2D eigenvalue weighted by Gasteiger charge is 2.36. The molecule has 30 heavy (non-hydrogen) atoms. The minimum Gasteiger partial charge on any atom is -0.303 e. The van der Waals surface area contributed by atoms with Crippen molar-refractivity contribution in [1.82, 2.24) is 19.7 Å². The number of carbonyl (C=O) groups excluding carboxylic acids is 1. The van der Waals surface area contributed by atoms with Gasteiger partial charge in [0.25, 0.3) is 0 Å². The molecule has 1 aromatic carbocycles. The summed E-state index contributed by atoms with van der Waals surface area (Å²) < 4.78 is 2.28. The molecule has 6 nitrogen and oxygen atoms in total. The average Bonchev–Trinajstić information content (AvgIpc) is 3.71. The van der Waals surface area contributed by atoms with Crippen LogP contribution in [0.15, 0.2) is 53.5 Å². The van der Waals surface area contributed by atoms with Gasteiger partial charge >= 0.3 is 0 Å². The van der Waals surface area contributed by atoms with Crippen molar-refractivity contribution in [3.63, 3.8) is 0 Å². The van der Waals surface area contributed by atoms with E-state index in [0.29, 0.717) is 29.4 Å². The summed E-state index contributed by atoms with van der Waals surface area (Å²) in [4.78, 5) is 19.5. The number of hydrogen-bond acceptors (Lipinski definition) is 6. The molecule has 2 aliphatic carbocycles. The number of nitrogens with zero attached hydrogens (tertiary/aromatic N) is 5. The largest absolute Gasteiger partial charge is 0.303 e. The van der Waals surface area contributed by atoms with Gasteiger partial charge in [-0.1, -0.05) is 48.2 Å². The minimum atomic E-state index is 0.00665. The first-order valence-corrected chi connectivity index (χ1v) is 12.1. The lowest BCUT2D eigenvalue weighted by molar-refractivity contribution is -0.116. The zero-order valence-electron chi connectivity index (χ0n) is 16.6. The Balaban J connectivity index is 1.30. The van der Waals surface area contributed by atoms with E-state index in [0.717, 1.165) is 22.2 Å². The van der Waals surface area contributed by atoms with Crippen molar-refractivity contribution in [2.45, 2.75) is 42.8 Å². The van der Waals surface area contributed by atoms with Crippen molar-refractivity contribution in [3.05, 3.63) is 54.2 Å². The SMILES string of the molecule is C=CCN(C(=O)CSc1nnc(C2CC2)n1C1CC1)c1nc(-c2ccccc2)cs1. The lowest BCUT2D eigenvalue weighted by Gasteiger charge is -2.18. The molecule has 2 saturated carbocycles. The van der Waals surface area contributed by atoms with E-state index in [1.165, 1.54) is 48.8 Å². The van der Waals surface area contributed by atoms with Crippen LogP contribution in [-0.2, 0) is 4.79 Å². The Morgan fingerprint density at radius 3 is 2.73 bits per heavy atom. The molecule has 1 amide bonds. The number of hydrogen-bond donors (Lipinski definition) is 0. The number of rotatable bonds is 9. The summed E-state index contributed by atoms with van der Waals surface area (Å²) in [6.45, 7) is 4.25. The molecule has 8 heteroatoms. The molecule has 0 radical (unpaired) electrons. The summed E-state index contributed by atoms with van der Waals surface area (Å²) in [6, 6.07) is 10.5. The highest BCUT2D eigenvalue weighted by Crippen LogP contribution is 2.46. The van der Waals surface area contributed by atoms with Crippen molar-refractivity contribution in [2.24, 2.45) is 0 Å². The molecule has 2 fully saturated rings. The second-order valence-electron chi connectivity index (χ2n) is 7.68. The van der Waals surface area contributed by atoms with E-state index in [1.54, 1.807) is 11.0 Å². The van der Waals surface area contributed by atoms with Crippen molar-refractivity contribution in [2.75, 3.05) is 17.2 Å². The van der Waals surface area contributed by atoms with Crippen LogP contribution in [0, 0.1) is 0 Å². The third-order valence-electron chi connectivity index (χ3n) is 5.28. The topological polar surface area (TPSA) is 63.9 Å². The Bertz CT molecular complexity index is 1050. The third-order valence-corrected chi connectivity index (χ3v) is 7.07. The van der Waals surface area contributed by atoms with Gasteiger partial charge < -0.3 is 4.57 Å². The van der Waals surface area contributed by atoms with Gasteiger partial charge in [-0.2, -0.15) is 0 Å². The quantitative estimate of drug-likeness (QED) is 0.351. The summed E-state index contributed by atoms with van der Waals surface area (Å²) in [7, 11) is 0. The predicted octanol–water partition coefficient (Wildman–Crippen LogP) is 4.93. The standard InChI is InChI=1S/C22H23N5OS2/c1-2-12-26(21-23-18(13-29-21)15-6-4-3-5-7-15)19(28)14-30-22-25-24-20(16-8-9-16)27(22)17-10-11-17/h2-7,13,16-17H,1,8-12,14H2. The van der Waals surface area contributed by atoms with Gasteiger partial charge in [-0.3, -0.25) is 9.69 Å². The van der Waals surface area contributed by atoms with E-state index in [-0.39, 0.29) is 5.91 Å². The Hall–Kier alpha value is -2.45. The molecular formula is C22H23N5OS2. The van der Waals surface area contributed by atoms with Crippen LogP contribution in [0.2, 0.25) is 0 Å². The molecular weight excluding hydrogens is 414 g/mol. The first kappa shape index (κ1) is 19.5. The molecule has 2 heterocycles. The van der Waals surface area contributed by atoms with E-state index in [2.05, 4.69) is 21.3 Å². The molecule has 0 spiro atoms.